The van der Waals surface area contributed by atoms with Gasteiger partial charge in [0.1, 0.15) is 5.75 Å². The molecule has 1 amide bonds. The van der Waals surface area contributed by atoms with Crippen molar-refractivity contribution >= 4 is 22.9 Å². The van der Waals surface area contributed by atoms with Crippen molar-refractivity contribution in [3.05, 3.63) is 42.0 Å². The summed E-state index contributed by atoms with van der Waals surface area (Å²) < 4.78 is 5.96. The molecular formula is C23H28N2O2. The van der Waals surface area contributed by atoms with Crippen LogP contribution in [0.4, 0.5) is 0 Å². The topological polar surface area (TPSA) is 50.7 Å². The van der Waals surface area contributed by atoms with Gasteiger partial charge in [0.05, 0.1) is 12.3 Å². The first-order valence-corrected chi connectivity index (χ1v) is 10.0. The number of nitrogens with one attached hydrogen (secondary N) is 1. The largest absolute Gasteiger partial charge is 0.490 e. The first-order chi connectivity index (χ1) is 13.0. The molecule has 0 saturated heterocycles. The average molecular weight is 364 g/mol. The zero-order chi connectivity index (χ0) is 19.0. The molecule has 0 aromatic heterocycles. The molecule has 0 unspecified atom stereocenters. The van der Waals surface area contributed by atoms with Gasteiger partial charge in [-0.15, -0.1) is 0 Å². The highest BCUT2D eigenvalue weighted by atomic mass is 16.5. The molecule has 2 aliphatic rings. The van der Waals surface area contributed by atoms with E-state index >= 15 is 0 Å². The van der Waals surface area contributed by atoms with Gasteiger partial charge in [-0.3, -0.25) is 4.79 Å². The summed E-state index contributed by atoms with van der Waals surface area (Å²) in [7, 11) is 0. The molecule has 2 saturated carbocycles. The highest BCUT2D eigenvalue weighted by Gasteiger charge is 2.64. The molecular weight excluding hydrogens is 336 g/mol. The fraction of sp³-hybridized carbons (Fsp3) is 0.478. The predicted octanol–water partition coefficient (Wildman–Crippen LogP) is 4.90. The maximum atomic E-state index is 12.6. The fourth-order valence-corrected chi connectivity index (χ4v) is 4.85. The van der Waals surface area contributed by atoms with Crippen LogP contribution in [0.2, 0.25) is 0 Å². The number of nitrogens with zero attached hydrogens (tertiary/aromatic N) is 1. The van der Waals surface area contributed by atoms with Gasteiger partial charge in [-0.1, -0.05) is 50.1 Å². The number of benzene rings is 2. The van der Waals surface area contributed by atoms with Gasteiger partial charge in [-0.25, -0.2) is 5.43 Å². The molecule has 4 rings (SSSR count). The number of rotatable bonds is 5. The first kappa shape index (κ1) is 18.0. The lowest BCUT2D eigenvalue weighted by Gasteiger charge is -2.15. The van der Waals surface area contributed by atoms with Crippen LogP contribution in [0.1, 0.15) is 52.0 Å². The van der Waals surface area contributed by atoms with Crippen LogP contribution in [0.25, 0.3) is 10.8 Å². The maximum Gasteiger partial charge on any atom is 0.244 e. The average Bonchev–Trinajstić information content (AvgIpc) is 3.28. The lowest BCUT2D eigenvalue weighted by molar-refractivity contribution is -0.123. The molecule has 0 heterocycles. The number of hydrazone groups is 1. The van der Waals surface area contributed by atoms with Gasteiger partial charge in [-0.2, -0.15) is 5.10 Å². The van der Waals surface area contributed by atoms with E-state index in [9.17, 15) is 4.79 Å². The smallest absolute Gasteiger partial charge is 0.244 e. The van der Waals surface area contributed by atoms with Gasteiger partial charge in [-0.05, 0) is 54.9 Å². The Morgan fingerprint density at radius 3 is 2.81 bits per heavy atom. The molecule has 142 valence electrons. The van der Waals surface area contributed by atoms with Crippen LogP contribution in [-0.2, 0) is 4.79 Å². The first-order valence-electron chi connectivity index (χ1n) is 10.0. The molecule has 0 radical (unpaired) electrons. The van der Waals surface area contributed by atoms with Crippen molar-refractivity contribution in [3.63, 3.8) is 0 Å². The van der Waals surface area contributed by atoms with Crippen LogP contribution in [0.15, 0.2) is 41.5 Å². The number of hydrogen-bond donors (Lipinski definition) is 1. The summed E-state index contributed by atoms with van der Waals surface area (Å²) >= 11 is 0. The van der Waals surface area contributed by atoms with E-state index in [-0.39, 0.29) is 23.3 Å². The van der Waals surface area contributed by atoms with E-state index < -0.39 is 0 Å². The van der Waals surface area contributed by atoms with E-state index in [0.29, 0.717) is 5.92 Å². The molecule has 0 spiro atoms. The summed E-state index contributed by atoms with van der Waals surface area (Å²) in [5.74, 6) is 1.51. The number of carbonyl (C=O) groups excluding carboxylic acids is 1. The minimum absolute atomic E-state index is 0.0622. The molecule has 2 fully saturated rings. The summed E-state index contributed by atoms with van der Waals surface area (Å²) in [5, 5.41) is 6.50. The van der Waals surface area contributed by atoms with E-state index in [1.807, 2.05) is 32.0 Å². The van der Waals surface area contributed by atoms with Crippen LogP contribution >= 0.6 is 0 Å². The monoisotopic (exact) mass is 364 g/mol. The Labute approximate surface area is 161 Å². The van der Waals surface area contributed by atoms with E-state index in [4.69, 9.17) is 4.74 Å². The van der Waals surface area contributed by atoms with Crippen LogP contribution in [0.3, 0.4) is 0 Å². The number of carbonyl (C=O) groups is 1. The number of hydrogen-bond acceptors (Lipinski definition) is 3. The van der Waals surface area contributed by atoms with E-state index in [2.05, 4.69) is 35.7 Å². The summed E-state index contributed by atoms with van der Waals surface area (Å²) in [6.45, 7) is 6.27. The SMILES string of the molecule is CC(C)Oc1ccc2ccccc2c1/C=N\NC(=O)[C@@H]1[C@H]2CCCC[C@@]21C. The van der Waals surface area contributed by atoms with Gasteiger partial charge in [0.15, 0.2) is 0 Å². The summed E-state index contributed by atoms with van der Waals surface area (Å²) in [6, 6.07) is 12.2. The van der Waals surface area contributed by atoms with Crippen LogP contribution in [-0.4, -0.2) is 18.2 Å². The molecule has 3 atom stereocenters. The Morgan fingerprint density at radius 2 is 2.07 bits per heavy atom. The predicted molar refractivity (Wildman–Crippen MR) is 109 cm³/mol. The van der Waals surface area contributed by atoms with Crippen molar-refractivity contribution in [2.75, 3.05) is 0 Å². The third kappa shape index (κ3) is 3.33. The second-order valence-electron chi connectivity index (χ2n) is 8.44. The normalized spacial score (nSPS) is 27.0. The van der Waals surface area contributed by atoms with E-state index in [1.165, 1.54) is 19.3 Å². The third-order valence-corrected chi connectivity index (χ3v) is 6.28. The van der Waals surface area contributed by atoms with Crippen molar-refractivity contribution in [1.29, 1.82) is 0 Å². The van der Waals surface area contributed by atoms with E-state index in [1.54, 1.807) is 6.21 Å². The van der Waals surface area contributed by atoms with Crippen LogP contribution < -0.4 is 10.2 Å². The van der Waals surface area contributed by atoms with Gasteiger partial charge < -0.3 is 4.74 Å². The van der Waals surface area contributed by atoms with Gasteiger partial charge >= 0.3 is 0 Å². The molecule has 4 nitrogen and oxygen atoms in total. The highest BCUT2D eigenvalue weighted by Crippen LogP contribution is 2.66. The van der Waals surface area contributed by atoms with Crippen molar-refractivity contribution in [2.45, 2.75) is 52.6 Å². The van der Waals surface area contributed by atoms with Crippen molar-refractivity contribution < 1.29 is 9.53 Å². The highest BCUT2D eigenvalue weighted by molar-refractivity contribution is 6.02. The summed E-state index contributed by atoms with van der Waals surface area (Å²) in [4.78, 5) is 12.6. The number of ether oxygens (including phenoxy) is 1. The summed E-state index contributed by atoms with van der Waals surface area (Å²) in [5.41, 5.74) is 3.90. The second kappa shape index (κ2) is 6.99. The Bertz CT molecular complexity index is 889. The molecule has 0 bridgehead atoms. The number of fused-ring (bicyclic) bond motifs is 2. The molecule has 27 heavy (non-hydrogen) atoms. The zero-order valence-corrected chi connectivity index (χ0v) is 16.4. The Balaban J connectivity index is 1.54. The molecule has 2 aromatic carbocycles. The van der Waals surface area contributed by atoms with Crippen LogP contribution in [0, 0.1) is 17.3 Å². The Kier molecular flexibility index (Phi) is 4.67. The van der Waals surface area contributed by atoms with Crippen molar-refractivity contribution in [3.8, 4) is 5.75 Å². The lowest BCUT2D eigenvalue weighted by Crippen LogP contribution is -2.22. The zero-order valence-electron chi connectivity index (χ0n) is 16.4. The van der Waals surface area contributed by atoms with Gasteiger partial charge in [0.25, 0.3) is 0 Å². The van der Waals surface area contributed by atoms with Gasteiger partial charge in [0.2, 0.25) is 5.91 Å². The standard InChI is InChI=1S/C23H28N2O2/c1-15(2)27-20-12-11-16-8-4-5-9-17(16)18(20)14-24-25-22(26)21-19-10-6-7-13-23(19,21)3/h4-5,8-9,11-12,14-15,19,21H,6-7,10,13H2,1-3H3,(H,25,26)/b24-14-/t19-,21+,23+/m1/s1. The Hall–Kier alpha value is -2.36. The Morgan fingerprint density at radius 1 is 1.26 bits per heavy atom. The fourth-order valence-electron chi connectivity index (χ4n) is 4.85. The maximum absolute atomic E-state index is 12.6. The van der Waals surface area contributed by atoms with Crippen LogP contribution in [0.5, 0.6) is 5.75 Å². The molecule has 1 N–H and O–H groups in total. The van der Waals surface area contributed by atoms with E-state index in [0.717, 1.165) is 28.5 Å². The number of amides is 1. The molecule has 2 aromatic rings. The lowest BCUT2D eigenvalue weighted by atomic mass is 9.90. The second-order valence-corrected chi connectivity index (χ2v) is 8.44. The molecule has 4 heteroatoms. The minimum Gasteiger partial charge on any atom is -0.490 e. The summed E-state index contributed by atoms with van der Waals surface area (Å²) in [6.07, 6.45) is 6.63. The van der Waals surface area contributed by atoms with Gasteiger partial charge in [0, 0.05) is 11.5 Å². The molecule has 2 aliphatic carbocycles. The molecule has 0 aliphatic heterocycles. The quantitative estimate of drug-likeness (QED) is 0.606. The third-order valence-electron chi connectivity index (χ3n) is 6.28. The van der Waals surface area contributed by atoms with Crippen molar-refractivity contribution in [2.24, 2.45) is 22.4 Å². The van der Waals surface area contributed by atoms with Crippen molar-refractivity contribution in [1.82, 2.24) is 5.43 Å². The minimum atomic E-state index is 0.0622.